The number of carbonyl (C=O) groups excluding carboxylic acids is 2. The van der Waals surface area contributed by atoms with Gasteiger partial charge >= 0.3 is 5.97 Å². The zero-order chi connectivity index (χ0) is 20.2. The minimum atomic E-state index is -0.485. The van der Waals surface area contributed by atoms with E-state index < -0.39 is 11.9 Å². The van der Waals surface area contributed by atoms with Crippen molar-refractivity contribution < 1.29 is 28.8 Å². The Morgan fingerprint density at radius 1 is 1.32 bits per heavy atom. The van der Waals surface area contributed by atoms with Gasteiger partial charge in [0.1, 0.15) is 13.2 Å². The standard InChI is InChI=1S/C19H31N3O6/c1-2-27-18(24)13-26-12-16-20-19(28-22-16)15(11-17(23)21-25)10-6-9-14-7-4-3-5-8-14/h14-15,25H,2-13H2,1H3,(H,21,23)/t15-/m1/s1. The minimum Gasteiger partial charge on any atom is -0.464 e. The van der Waals surface area contributed by atoms with Crippen LogP contribution >= 0.6 is 0 Å². The lowest BCUT2D eigenvalue weighted by molar-refractivity contribution is -0.149. The summed E-state index contributed by atoms with van der Waals surface area (Å²) in [7, 11) is 0. The van der Waals surface area contributed by atoms with E-state index in [1.165, 1.54) is 32.1 Å². The van der Waals surface area contributed by atoms with Gasteiger partial charge in [-0.3, -0.25) is 10.0 Å². The molecule has 1 aliphatic rings. The molecular formula is C19H31N3O6. The second-order valence-electron chi connectivity index (χ2n) is 7.22. The maximum Gasteiger partial charge on any atom is 0.332 e. The zero-order valence-corrected chi connectivity index (χ0v) is 16.5. The van der Waals surface area contributed by atoms with Gasteiger partial charge in [-0.1, -0.05) is 50.1 Å². The predicted molar refractivity (Wildman–Crippen MR) is 98.3 cm³/mol. The lowest BCUT2D eigenvalue weighted by Crippen LogP contribution is -2.21. The molecule has 1 atom stereocenters. The van der Waals surface area contributed by atoms with Crippen LogP contribution < -0.4 is 5.48 Å². The van der Waals surface area contributed by atoms with Gasteiger partial charge in [0.25, 0.3) is 0 Å². The summed E-state index contributed by atoms with van der Waals surface area (Å²) in [6.45, 7) is 1.85. The number of carbonyl (C=O) groups is 2. The highest BCUT2D eigenvalue weighted by Crippen LogP contribution is 2.31. The van der Waals surface area contributed by atoms with Gasteiger partial charge in [0.05, 0.1) is 6.61 Å². The number of rotatable bonds is 12. The van der Waals surface area contributed by atoms with Gasteiger partial charge in [0.15, 0.2) is 5.82 Å². The molecule has 1 aromatic rings. The number of ether oxygens (including phenoxy) is 2. The molecule has 1 heterocycles. The van der Waals surface area contributed by atoms with Gasteiger partial charge in [-0.15, -0.1) is 0 Å². The first-order valence-corrected chi connectivity index (χ1v) is 10.1. The molecule has 0 spiro atoms. The van der Waals surface area contributed by atoms with Crippen LogP contribution in [0.1, 0.15) is 82.3 Å². The van der Waals surface area contributed by atoms with Crippen molar-refractivity contribution >= 4 is 11.9 Å². The Balaban J connectivity index is 1.84. The molecule has 1 amide bonds. The van der Waals surface area contributed by atoms with Crippen molar-refractivity contribution in [3.05, 3.63) is 11.7 Å². The van der Waals surface area contributed by atoms with E-state index in [9.17, 15) is 9.59 Å². The molecule has 0 radical (unpaired) electrons. The van der Waals surface area contributed by atoms with Crippen molar-refractivity contribution in [1.29, 1.82) is 0 Å². The molecule has 28 heavy (non-hydrogen) atoms. The van der Waals surface area contributed by atoms with Gasteiger partial charge < -0.3 is 14.0 Å². The molecule has 2 N–H and O–H groups in total. The molecule has 0 aromatic carbocycles. The number of hydroxylamine groups is 1. The number of hydrogen-bond donors (Lipinski definition) is 2. The third-order valence-corrected chi connectivity index (χ3v) is 5.04. The maximum atomic E-state index is 11.6. The van der Waals surface area contributed by atoms with E-state index in [2.05, 4.69) is 10.1 Å². The van der Waals surface area contributed by atoms with Crippen LogP contribution in [0.25, 0.3) is 0 Å². The van der Waals surface area contributed by atoms with Crippen molar-refractivity contribution in [2.24, 2.45) is 5.92 Å². The minimum absolute atomic E-state index is 0.0172. The fourth-order valence-electron chi connectivity index (χ4n) is 3.63. The molecule has 9 heteroatoms. The monoisotopic (exact) mass is 397 g/mol. The van der Waals surface area contributed by atoms with Crippen molar-refractivity contribution in [2.45, 2.75) is 77.2 Å². The normalized spacial score (nSPS) is 15.9. The number of nitrogens with one attached hydrogen (secondary N) is 1. The lowest BCUT2D eigenvalue weighted by Gasteiger charge is -2.22. The number of hydrogen-bond acceptors (Lipinski definition) is 8. The van der Waals surface area contributed by atoms with E-state index in [1.54, 1.807) is 12.4 Å². The molecule has 158 valence electrons. The van der Waals surface area contributed by atoms with Crippen molar-refractivity contribution in [1.82, 2.24) is 15.6 Å². The first kappa shape index (κ1) is 22.3. The second-order valence-corrected chi connectivity index (χ2v) is 7.22. The second kappa shape index (κ2) is 12.5. The van der Waals surface area contributed by atoms with E-state index >= 15 is 0 Å². The van der Waals surface area contributed by atoms with E-state index in [4.69, 9.17) is 19.2 Å². The summed E-state index contributed by atoms with van der Waals surface area (Å²) in [6.07, 6.45) is 9.40. The third-order valence-electron chi connectivity index (χ3n) is 5.04. The number of aromatic nitrogens is 2. The van der Waals surface area contributed by atoms with Crippen LogP contribution in [0.5, 0.6) is 0 Å². The van der Waals surface area contributed by atoms with E-state index in [1.807, 2.05) is 0 Å². The first-order chi connectivity index (χ1) is 13.6. The molecular weight excluding hydrogens is 366 g/mol. The number of nitrogens with zero attached hydrogens (tertiary/aromatic N) is 2. The molecule has 9 nitrogen and oxygen atoms in total. The summed E-state index contributed by atoms with van der Waals surface area (Å²) < 4.78 is 15.3. The Hall–Kier alpha value is -2.00. The maximum absolute atomic E-state index is 11.6. The molecule has 1 fully saturated rings. The summed E-state index contributed by atoms with van der Waals surface area (Å²) in [4.78, 5) is 27.2. The van der Waals surface area contributed by atoms with Crippen LogP contribution in [-0.4, -0.2) is 40.4 Å². The molecule has 1 aromatic heterocycles. The van der Waals surface area contributed by atoms with Crippen molar-refractivity contribution in [3.8, 4) is 0 Å². The summed E-state index contributed by atoms with van der Waals surface area (Å²) in [5.41, 5.74) is 1.67. The first-order valence-electron chi connectivity index (χ1n) is 10.1. The van der Waals surface area contributed by atoms with Gasteiger partial charge in [-0.25, -0.2) is 10.3 Å². The molecule has 0 unspecified atom stereocenters. The van der Waals surface area contributed by atoms with Gasteiger partial charge in [-0.05, 0) is 19.3 Å². The summed E-state index contributed by atoms with van der Waals surface area (Å²) >= 11 is 0. The summed E-state index contributed by atoms with van der Waals surface area (Å²) in [6, 6.07) is 0. The smallest absolute Gasteiger partial charge is 0.332 e. The van der Waals surface area contributed by atoms with E-state index in [-0.39, 0.29) is 25.6 Å². The Morgan fingerprint density at radius 2 is 2.11 bits per heavy atom. The van der Waals surface area contributed by atoms with Gasteiger partial charge in [0.2, 0.25) is 11.8 Å². The molecule has 0 saturated heterocycles. The highest BCUT2D eigenvalue weighted by molar-refractivity contribution is 5.75. The van der Waals surface area contributed by atoms with Crippen molar-refractivity contribution in [3.63, 3.8) is 0 Å². The average Bonchev–Trinajstić information content (AvgIpc) is 3.17. The highest BCUT2D eigenvalue weighted by Gasteiger charge is 2.23. The molecule has 1 saturated carbocycles. The van der Waals surface area contributed by atoms with Crippen molar-refractivity contribution in [2.75, 3.05) is 13.2 Å². The van der Waals surface area contributed by atoms with E-state index in [0.717, 1.165) is 25.2 Å². The molecule has 0 bridgehead atoms. The fourth-order valence-corrected chi connectivity index (χ4v) is 3.63. The Kier molecular flexibility index (Phi) is 9.92. The number of amides is 1. The third kappa shape index (κ3) is 7.93. The Bertz CT molecular complexity index is 600. The van der Waals surface area contributed by atoms with Crippen LogP contribution in [-0.2, 0) is 25.7 Å². The topological polar surface area (TPSA) is 124 Å². The highest BCUT2D eigenvalue weighted by atomic mass is 16.6. The fraction of sp³-hybridized carbons (Fsp3) is 0.789. The zero-order valence-electron chi connectivity index (χ0n) is 16.5. The SMILES string of the molecule is CCOC(=O)COCc1noc([C@H](CCCC2CCCCC2)CC(=O)NO)n1. The average molecular weight is 397 g/mol. The van der Waals surface area contributed by atoms with Crippen LogP contribution in [0.3, 0.4) is 0 Å². The Morgan fingerprint density at radius 3 is 2.82 bits per heavy atom. The van der Waals surface area contributed by atoms with Crippen LogP contribution in [0, 0.1) is 5.92 Å². The van der Waals surface area contributed by atoms with Gasteiger partial charge in [-0.2, -0.15) is 4.98 Å². The quantitative estimate of drug-likeness (QED) is 0.313. The molecule has 0 aliphatic heterocycles. The van der Waals surface area contributed by atoms with Gasteiger partial charge in [0, 0.05) is 12.3 Å². The summed E-state index contributed by atoms with van der Waals surface area (Å²) in [5.74, 6) is 0.216. The molecule has 2 rings (SSSR count). The van der Waals surface area contributed by atoms with Crippen LogP contribution in [0.2, 0.25) is 0 Å². The van der Waals surface area contributed by atoms with Crippen LogP contribution in [0.4, 0.5) is 0 Å². The predicted octanol–water partition coefficient (Wildman–Crippen LogP) is 2.88. The van der Waals surface area contributed by atoms with E-state index in [0.29, 0.717) is 18.3 Å². The lowest BCUT2D eigenvalue weighted by atomic mass is 9.84. The van der Waals surface area contributed by atoms with Crippen LogP contribution in [0.15, 0.2) is 4.52 Å². The number of esters is 1. The molecule has 1 aliphatic carbocycles. The largest absolute Gasteiger partial charge is 0.464 e. The summed E-state index contributed by atoms with van der Waals surface area (Å²) in [5, 5.41) is 12.7. The Labute approximate surface area is 165 Å².